The lowest BCUT2D eigenvalue weighted by molar-refractivity contribution is -0.138. The summed E-state index contributed by atoms with van der Waals surface area (Å²) in [5, 5.41) is 0. The zero-order valence-electron chi connectivity index (χ0n) is 12.9. The summed E-state index contributed by atoms with van der Waals surface area (Å²) in [6.07, 6.45) is -3.50. The van der Waals surface area contributed by atoms with Crippen LogP contribution in [0.1, 0.15) is 26.3 Å². The summed E-state index contributed by atoms with van der Waals surface area (Å²) < 4.78 is 44.0. The van der Waals surface area contributed by atoms with Gasteiger partial charge in [0.1, 0.15) is 6.61 Å². The Morgan fingerprint density at radius 3 is 2.68 bits per heavy atom. The Morgan fingerprint density at radius 1 is 1.32 bits per heavy atom. The maximum Gasteiger partial charge on any atom is 0.418 e. The first kappa shape index (κ1) is 15.4. The summed E-state index contributed by atoms with van der Waals surface area (Å²) in [5.41, 5.74) is -0.766. The maximum atomic E-state index is 12.8. The largest absolute Gasteiger partial charge is 0.487 e. The number of hydrogen-bond acceptors (Lipinski definition) is 4. The second-order valence-corrected chi connectivity index (χ2v) is 6.31. The Labute approximate surface area is 127 Å². The van der Waals surface area contributed by atoms with Crippen LogP contribution in [-0.2, 0) is 6.18 Å². The van der Waals surface area contributed by atoms with Crippen molar-refractivity contribution in [1.82, 2.24) is 9.88 Å². The summed E-state index contributed by atoms with van der Waals surface area (Å²) in [4.78, 5) is 8.53. The van der Waals surface area contributed by atoms with Gasteiger partial charge >= 0.3 is 6.18 Å². The van der Waals surface area contributed by atoms with Crippen molar-refractivity contribution in [2.75, 3.05) is 24.6 Å². The van der Waals surface area contributed by atoms with Crippen LogP contribution < -0.4 is 9.64 Å². The molecule has 22 heavy (non-hydrogen) atoms. The predicted octanol–water partition coefficient (Wildman–Crippen LogP) is 2.78. The van der Waals surface area contributed by atoms with Crippen LogP contribution in [0.3, 0.4) is 0 Å². The molecule has 0 N–H and O–H groups in total. The van der Waals surface area contributed by atoms with E-state index in [2.05, 4.69) is 35.6 Å². The number of nitrogens with zero attached hydrogens (tertiary/aromatic N) is 3. The van der Waals surface area contributed by atoms with Crippen LogP contribution in [0, 0.1) is 0 Å². The van der Waals surface area contributed by atoms with Crippen molar-refractivity contribution in [2.24, 2.45) is 0 Å². The smallest absolute Gasteiger partial charge is 0.418 e. The lowest BCUT2D eigenvalue weighted by Gasteiger charge is -2.49. The van der Waals surface area contributed by atoms with Gasteiger partial charge in [0.15, 0.2) is 11.6 Å². The summed E-state index contributed by atoms with van der Waals surface area (Å²) in [6.45, 7) is 8.47. The van der Waals surface area contributed by atoms with Crippen molar-refractivity contribution < 1.29 is 17.9 Å². The van der Waals surface area contributed by atoms with Crippen molar-refractivity contribution in [2.45, 2.75) is 45.1 Å². The second kappa shape index (κ2) is 5.30. The van der Waals surface area contributed by atoms with Crippen molar-refractivity contribution >= 4 is 5.82 Å². The fourth-order valence-electron chi connectivity index (χ4n) is 3.24. The van der Waals surface area contributed by atoms with Gasteiger partial charge in [-0.3, -0.25) is 4.90 Å². The van der Waals surface area contributed by atoms with Crippen LogP contribution in [0.15, 0.2) is 12.3 Å². The molecule has 0 radical (unpaired) electrons. The summed E-state index contributed by atoms with van der Waals surface area (Å²) >= 11 is 0. The molecule has 2 aliphatic rings. The van der Waals surface area contributed by atoms with Gasteiger partial charge in [-0.1, -0.05) is 0 Å². The molecule has 0 aliphatic carbocycles. The Hall–Kier alpha value is -1.50. The molecule has 0 unspecified atom stereocenters. The SMILES string of the molecule is CC(C)N1C[C@H]2COc3cc(C(F)(F)F)cnc3N2[C@@H](C)C1. The van der Waals surface area contributed by atoms with Crippen LogP contribution >= 0.6 is 0 Å². The van der Waals surface area contributed by atoms with E-state index in [9.17, 15) is 13.2 Å². The second-order valence-electron chi connectivity index (χ2n) is 6.31. The van der Waals surface area contributed by atoms with Crippen molar-refractivity contribution in [3.63, 3.8) is 0 Å². The molecule has 1 aromatic rings. The number of halogens is 3. The van der Waals surface area contributed by atoms with E-state index in [1.807, 2.05) is 0 Å². The van der Waals surface area contributed by atoms with E-state index in [4.69, 9.17) is 4.74 Å². The highest BCUT2D eigenvalue weighted by molar-refractivity contribution is 5.57. The number of piperazine rings is 1. The highest BCUT2D eigenvalue weighted by atomic mass is 19.4. The van der Waals surface area contributed by atoms with E-state index in [-0.39, 0.29) is 17.8 Å². The molecule has 0 spiro atoms. The molecule has 4 nitrogen and oxygen atoms in total. The average Bonchev–Trinajstić information content (AvgIpc) is 2.44. The number of hydrogen-bond donors (Lipinski definition) is 0. The highest BCUT2D eigenvalue weighted by Crippen LogP contribution is 2.39. The van der Waals surface area contributed by atoms with E-state index in [1.54, 1.807) is 0 Å². The minimum absolute atomic E-state index is 0.128. The summed E-state index contributed by atoms with van der Waals surface area (Å²) in [5.74, 6) is 0.760. The van der Waals surface area contributed by atoms with Crippen LogP contribution in [0.4, 0.5) is 19.0 Å². The van der Waals surface area contributed by atoms with E-state index in [0.29, 0.717) is 18.5 Å². The lowest BCUT2D eigenvalue weighted by Crippen LogP contribution is -2.62. The quantitative estimate of drug-likeness (QED) is 0.797. The third kappa shape index (κ3) is 2.62. The molecular formula is C15H20F3N3O. The molecule has 0 amide bonds. The number of aromatic nitrogens is 1. The summed E-state index contributed by atoms with van der Waals surface area (Å²) in [6, 6.07) is 1.81. The fourth-order valence-corrected chi connectivity index (χ4v) is 3.24. The standard InChI is InChI=1S/C15H20F3N3O/c1-9(2)20-6-10(3)21-12(7-20)8-22-13-4-11(15(16,17)18)5-19-14(13)21/h4-5,9-10,12H,6-8H2,1-3H3/t10-,12-/m0/s1. The minimum Gasteiger partial charge on any atom is -0.487 e. The number of anilines is 1. The van der Waals surface area contributed by atoms with Gasteiger partial charge in [-0.05, 0) is 26.8 Å². The van der Waals surface area contributed by atoms with E-state index in [0.717, 1.165) is 25.4 Å². The van der Waals surface area contributed by atoms with Gasteiger partial charge in [0.05, 0.1) is 11.6 Å². The molecule has 0 aromatic carbocycles. The average molecular weight is 315 g/mol. The van der Waals surface area contributed by atoms with Crippen molar-refractivity contribution in [1.29, 1.82) is 0 Å². The highest BCUT2D eigenvalue weighted by Gasteiger charge is 2.40. The molecular weight excluding hydrogens is 295 g/mol. The van der Waals surface area contributed by atoms with E-state index in [1.165, 1.54) is 0 Å². The van der Waals surface area contributed by atoms with Crippen LogP contribution in [0.5, 0.6) is 5.75 Å². The molecule has 3 rings (SSSR count). The zero-order chi connectivity index (χ0) is 16.1. The third-order valence-electron chi connectivity index (χ3n) is 4.38. The van der Waals surface area contributed by atoms with Gasteiger partial charge in [0, 0.05) is 31.4 Å². The predicted molar refractivity (Wildman–Crippen MR) is 77.2 cm³/mol. The third-order valence-corrected chi connectivity index (χ3v) is 4.38. The Kier molecular flexibility index (Phi) is 3.71. The van der Waals surface area contributed by atoms with Gasteiger partial charge in [0.2, 0.25) is 0 Å². The van der Waals surface area contributed by atoms with Crippen LogP contribution in [0.2, 0.25) is 0 Å². The molecule has 1 saturated heterocycles. The first-order valence-corrected chi connectivity index (χ1v) is 7.50. The number of ether oxygens (including phenoxy) is 1. The number of rotatable bonds is 1. The number of fused-ring (bicyclic) bond motifs is 3. The van der Waals surface area contributed by atoms with Gasteiger partial charge in [-0.15, -0.1) is 0 Å². The Bertz CT molecular complexity index is 561. The van der Waals surface area contributed by atoms with Crippen molar-refractivity contribution in [3.05, 3.63) is 17.8 Å². The first-order valence-electron chi connectivity index (χ1n) is 7.50. The molecule has 2 atom stereocenters. The minimum atomic E-state index is -4.40. The first-order chi connectivity index (χ1) is 10.3. The van der Waals surface area contributed by atoms with E-state index >= 15 is 0 Å². The molecule has 1 aromatic heterocycles. The van der Waals surface area contributed by atoms with E-state index < -0.39 is 11.7 Å². The van der Waals surface area contributed by atoms with Gasteiger partial charge in [0.25, 0.3) is 0 Å². The molecule has 2 aliphatic heterocycles. The molecule has 0 saturated carbocycles. The maximum absolute atomic E-state index is 12.8. The van der Waals surface area contributed by atoms with Crippen LogP contribution in [-0.4, -0.2) is 47.7 Å². The van der Waals surface area contributed by atoms with Gasteiger partial charge < -0.3 is 9.64 Å². The topological polar surface area (TPSA) is 28.6 Å². The molecule has 0 bridgehead atoms. The zero-order valence-corrected chi connectivity index (χ0v) is 12.9. The number of alkyl halides is 3. The Balaban J connectivity index is 1.91. The number of pyridine rings is 1. The van der Waals surface area contributed by atoms with Crippen LogP contribution in [0.25, 0.3) is 0 Å². The molecule has 1 fully saturated rings. The molecule has 7 heteroatoms. The molecule has 122 valence electrons. The van der Waals surface area contributed by atoms with Gasteiger partial charge in [-0.25, -0.2) is 4.98 Å². The normalized spacial score (nSPS) is 25.7. The summed E-state index contributed by atoms with van der Waals surface area (Å²) in [7, 11) is 0. The monoisotopic (exact) mass is 315 g/mol. The lowest BCUT2D eigenvalue weighted by atomic mass is 10.0. The van der Waals surface area contributed by atoms with Crippen molar-refractivity contribution in [3.8, 4) is 5.75 Å². The fraction of sp³-hybridized carbons (Fsp3) is 0.667. The molecule has 3 heterocycles. The van der Waals surface area contributed by atoms with Gasteiger partial charge in [-0.2, -0.15) is 13.2 Å². The Morgan fingerprint density at radius 2 is 2.05 bits per heavy atom.